The van der Waals surface area contributed by atoms with Crippen LogP contribution < -0.4 is 17.0 Å². The summed E-state index contributed by atoms with van der Waals surface area (Å²) in [6.07, 6.45) is -8.27. The van der Waals surface area contributed by atoms with Gasteiger partial charge in [-0.2, -0.15) is 4.98 Å². The lowest BCUT2D eigenvalue weighted by atomic mass is 10.1. The molecule has 9 atom stereocenters. The van der Waals surface area contributed by atoms with E-state index in [1.165, 1.54) is 28.1 Å². The number of hydrogen-bond donors (Lipinski definition) is 7. The smallest absolute Gasteiger partial charge is 0.325 e. The van der Waals surface area contributed by atoms with Gasteiger partial charge in [0, 0.05) is 0 Å². The molecule has 2 fully saturated rings. The Labute approximate surface area is 238 Å². The number of aromatic amines is 1. The number of fused-ring (bicyclic) bond motifs is 2. The molecule has 0 saturated carbocycles. The molecule has 2 saturated heterocycles. The van der Waals surface area contributed by atoms with E-state index in [0.29, 0.717) is 0 Å². The van der Waals surface area contributed by atoms with Gasteiger partial charge in [-0.3, -0.25) is 23.4 Å². The Morgan fingerprint density at radius 2 is 1.74 bits per heavy atom. The molecule has 6 heterocycles. The number of nitrogens with one attached hydrogen (secondary N) is 1. The van der Waals surface area contributed by atoms with Crippen molar-refractivity contribution in [3.05, 3.63) is 29.3 Å². The van der Waals surface area contributed by atoms with Crippen LogP contribution in [0.3, 0.4) is 0 Å². The zero-order chi connectivity index (χ0) is 29.9. The number of aliphatic hydroxyl groups is 3. The average Bonchev–Trinajstić information content (AvgIpc) is 3.69. The third kappa shape index (κ3) is 4.92. The number of nitrogens with zero attached hydrogens (tertiary/aromatic N) is 7. The molecule has 4 aromatic heterocycles. The zero-order valence-corrected chi connectivity index (χ0v) is 22.8. The van der Waals surface area contributed by atoms with Crippen molar-refractivity contribution in [3.8, 4) is 0 Å². The number of anilines is 2. The van der Waals surface area contributed by atoms with Crippen LogP contribution in [-0.4, -0.2) is 109 Å². The summed E-state index contributed by atoms with van der Waals surface area (Å²) in [6, 6.07) is 0. The fourth-order valence-electron chi connectivity index (χ4n) is 4.81. The quantitative estimate of drug-likeness (QED) is 0.0998. The third-order valence-electron chi connectivity index (χ3n) is 6.83. The van der Waals surface area contributed by atoms with E-state index in [4.69, 9.17) is 41.8 Å². The minimum atomic E-state index is -4.26. The van der Waals surface area contributed by atoms with Crippen molar-refractivity contribution in [2.75, 3.05) is 24.7 Å². The van der Waals surface area contributed by atoms with Crippen LogP contribution >= 0.6 is 6.72 Å². The fourth-order valence-corrected chi connectivity index (χ4v) is 6.22. The summed E-state index contributed by atoms with van der Waals surface area (Å²) in [4.78, 5) is 45.3. The molecule has 6 rings (SSSR count). The van der Waals surface area contributed by atoms with Gasteiger partial charge in [-0.25, -0.2) is 24.3 Å². The molecule has 0 spiro atoms. The second kappa shape index (κ2) is 10.8. The molecular weight excluding hydrogens is 606 g/mol. The van der Waals surface area contributed by atoms with Gasteiger partial charge in [0.05, 0.1) is 25.9 Å². The van der Waals surface area contributed by atoms with E-state index < -0.39 is 74.6 Å². The number of alkyl halides is 1. The first-order valence-corrected chi connectivity index (χ1v) is 14.8. The van der Waals surface area contributed by atoms with Gasteiger partial charge in [0.15, 0.2) is 41.3 Å². The molecule has 0 aliphatic carbocycles. The summed E-state index contributed by atoms with van der Waals surface area (Å²) in [5, 5.41) is 31.0. The first-order valence-electron chi connectivity index (χ1n) is 12.2. The summed E-state index contributed by atoms with van der Waals surface area (Å²) in [7, 11) is 0. The highest BCUT2D eigenvalue weighted by atomic mass is 32.5. The number of hydrogen-bond acceptors (Lipinski definition) is 16. The number of nitrogen functional groups attached to an aromatic ring is 2. The van der Waals surface area contributed by atoms with Gasteiger partial charge >= 0.3 is 6.72 Å². The molecule has 22 heteroatoms. The maximum Gasteiger partial charge on any atom is 0.325 e. The number of rotatable bonds is 8. The molecule has 226 valence electrons. The predicted molar refractivity (Wildman–Crippen MR) is 141 cm³/mol. The first-order chi connectivity index (χ1) is 20.0. The lowest BCUT2D eigenvalue weighted by molar-refractivity contribution is -0.0554. The zero-order valence-electron chi connectivity index (χ0n) is 21.1. The number of ether oxygens (including phenoxy) is 2. The average molecular weight is 631 g/mol. The maximum absolute atomic E-state index is 15.1. The molecule has 4 unspecified atom stereocenters. The van der Waals surface area contributed by atoms with Gasteiger partial charge in [-0.1, -0.05) is 0 Å². The topological polar surface area (TPSA) is 277 Å². The number of halogens is 1. The van der Waals surface area contributed by atoms with E-state index in [1.807, 2.05) is 0 Å². The van der Waals surface area contributed by atoms with Crippen molar-refractivity contribution in [1.82, 2.24) is 39.0 Å². The minimum Gasteiger partial charge on any atom is -0.394 e. The Morgan fingerprint density at radius 1 is 1.05 bits per heavy atom. The molecule has 0 radical (unpaired) electrons. The highest BCUT2D eigenvalue weighted by molar-refractivity contribution is 8.07. The van der Waals surface area contributed by atoms with E-state index >= 15 is 4.39 Å². The van der Waals surface area contributed by atoms with Crippen LogP contribution in [0.15, 0.2) is 23.8 Å². The molecule has 0 bridgehead atoms. The van der Waals surface area contributed by atoms with Crippen molar-refractivity contribution >= 4 is 52.6 Å². The Morgan fingerprint density at radius 3 is 2.48 bits per heavy atom. The van der Waals surface area contributed by atoms with Crippen molar-refractivity contribution < 1.29 is 43.1 Å². The van der Waals surface area contributed by atoms with Crippen molar-refractivity contribution in [3.63, 3.8) is 0 Å². The number of aliphatic hydroxyl groups excluding tert-OH is 3. The second-order valence-corrected chi connectivity index (χ2v) is 12.2. The highest BCUT2D eigenvalue weighted by Crippen LogP contribution is 2.50. The molecule has 19 nitrogen and oxygen atoms in total. The highest BCUT2D eigenvalue weighted by Gasteiger charge is 2.50. The van der Waals surface area contributed by atoms with Gasteiger partial charge in [0.25, 0.3) is 5.56 Å². The normalized spacial score (nSPS) is 31.3. The fraction of sp³-hybridized carbons (Fsp3) is 0.500. The molecule has 42 heavy (non-hydrogen) atoms. The third-order valence-corrected chi connectivity index (χ3v) is 8.39. The van der Waals surface area contributed by atoms with Gasteiger partial charge in [-0.05, 0) is 11.8 Å². The first kappa shape index (κ1) is 28.9. The van der Waals surface area contributed by atoms with E-state index in [2.05, 4.69) is 29.9 Å². The summed E-state index contributed by atoms with van der Waals surface area (Å²) in [6.45, 7) is -5.52. The number of nitrogens with two attached hydrogens (primary N) is 2. The molecule has 0 amide bonds. The lowest BCUT2D eigenvalue weighted by Crippen LogP contribution is -2.35. The maximum atomic E-state index is 15.1. The predicted octanol–water partition coefficient (Wildman–Crippen LogP) is -2.41. The van der Waals surface area contributed by atoms with Crippen LogP contribution in [0.2, 0.25) is 0 Å². The SMILES string of the molecule is Nc1nc2c(ncn2[C@@H]2O[C@H](CO)C(O)C2OP(O)(=S)OC[C@H]2OC(n3cnc4c(N)ncnc43)[C@H](F)[C@H]2O)c(=O)[nH]1. The molecule has 2 aliphatic rings. The van der Waals surface area contributed by atoms with E-state index in [0.717, 1.165) is 0 Å². The Balaban J connectivity index is 1.19. The van der Waals surface area contributed by atoms with Crippen molar-refractivity contribution in [2.45, 2.75) is 49.1 Å². The van der Waals surface area contributed by atoms with Crippen molar-refractivity contribution in [2.24, 2.45) is 0 Å². The van der Waals surface area contributed by atoms with Crippen LogP contribution in [-0.2, 0) is 30.3 Å². The lowest BCUT2D eigenvalue weighted by Gasteiger charge is -2.27. The number of H-pyrrole nitrogens is 1. The molecular formula is C20H24FN10O9PS. The Kier molecular flexibility index (Phi) is 7.42. The van der Waals surface area contributed by atoms with Gasteiger partial charge in [0.1, 0.15) is 42.4 Å². The van der Waals surface area contributed by atoms with E-state index in [-0.39, 0.29) is 34.1 Å². The molecule has 4 aromatic rings. The molecule has 9 N–H and O–H groups in total. The Bertz CT molecular complexity index is 1740. The van der Waals surface area contributed by atoms with Crippen LogP contribution in [0.5, 0.6) is 0 Å². The van der Waals surface area contributed by atoms with Gasteiger partial charge in [0.2, 0.25) is 5.95 Å². The second-order valence-electron chi connectivity index (χ2n) is 9.43. The van der Waals surface area contributed by atoms with Crippen LogP contribution in [0.25, 0.3) is 22.3 Å². The van der Waals surface area contributed by atoms with Crippen LogP contribution in [0.1, 0.15) is 12.5 Å². The minimum absolute atomic E-state index is 0.0330. The summed E-state index contributed by atoms with van der Waals surface area (Å²) < 4.78 is 39.9. The van der Waals surface area contributed by atoms with Gasteiger partial charge in [-0.15, -0.1) is 0 Å². The summed E-state index contributed by atoms with van der Waals surface area (Å²) in [5.74, 6) is -0.154. The van der Waals surface area contributed by atoms with Crippen LogP contribution in [0, 0.1) is 0 Å². The summed E-state index contributed by atoms with van der Waals surface area (Å²) in [5.41, 5.74) is 11.0. The number of aromatic nitrogens is 8. The van der Waals surface area contributed by atoms with Crippen molar-refractivity contribution in [1.29, 1.82) is 0 Å². The molecule has 0 aromatic carbocycles. The standard InChI is InChI=1S/C20H24FN10O9PS/c21-8-11(33)7(39-18(8)30-4-26-9-14(22)24-3-25-15(9)30)2-37-41(36,42)40-13-12(34)6(1-32)38-19(13)31-5-27-10-16(31)28-20(23)29-17(10)35/h3-8,11-13,18-19,32-34H,1-2H2,(H,36,42)(H2,22,24,25)(H3,23,28,29,35)/t6-,7-,8-,11+,12?,13?,18?,19-,41?/m1/s1. The number of imidazole rings is 2. The largest absolute Gasteiger partial charge is 0.394 e. The summed E-state index contributed by atoms with van der Waals surface area (Å²) >= 11 is 5.12. The van der Waals surface area contributed by atoms with Crippen LogP contribution in [0.4, 0.5) is 16.2 Å². The van der Waals surface area contributed by atoms with E-state index in [9.17, 15) is 25.0 Å². The van der Waals surface area contributed by atoms with E-state index in [1.54, 1.807) is 0 Å². The van der Waals surface area contributed by atoms with Gasteiger partial charge < -0.3 is 45.7 Å². The monoisotopic (exact) mass is 630 g/mol. The Hall–Kier alpha value is -3.24. The molecule has 2 aliphatic heterocycles.